The van der Waals surface area contributed by atoms with Crippen molar-refractivity contribution in [1.82, 2.24) is 4.90 Å². The number of esters is 1. The van der Waals surface area contributed by atoms with Crippen LogP contribution < -0.4 is 0 Å². The third kappa shape index (κ3) is 2.21. The Morgan fingerprint density at radius 3 is 2.86 bits per heavy atom. The maximum atomic E-state index is 13.3. The molecule has 2 unspecified atom stereocenters. The van der Waals surface area contributed by atoms with Crippen LogP contribution in [-0.2, 0) is 14.3 Å². The van der Waals surface area contributed by atoms with Gasteiger partial charge in [-0.05, 0) is 12.8 Å². The van der Waals surface area contributed by atoms with Crippen LogP contribution in [0.1, 0.15) is 20.3 Å². The lowest BCUT2D eigenvalue weighted by Gasteiger charge is -2.19. The van der Waals surface area contributed by atoms with Gasteiger partial charge in [-0.15, -0.1) is 0 Å². The molecule has 1 rings (SSSR count). The molecule has 0 N–H and O–H groups in total. The van der Waals surface area contributed by atoms with Gasteiger partial charge in [-0.25, -0.2) is 9.18 Å². The Morgan fingerprint density at radius 2 is 2.43 bits per heavy atom. The van der Waals surface area contributed by atoms with Gasteiger partial charge >= 0.3 is 5.97 Å². The maximum absolute atomic E-state index is 13.3. The molecule has 0 aliphatic carbocycles. The van der Waals surface area contributed by atoms with Crippen molar-refractivity contribution in [3.8, 4) is 0 Å². The molecule has 4 nitrogen and oxygen atoms in total. The van der Waals surface area contributed by atoms with Crippen LogP contribution in [0, 0.1) is 5.92 Å². The largest absolute Gasteiger partial charge is 0.462 e. The Bertz CT molecular complexity index is 244. The minimum absolute atomic E-state index is 0.107. The summed E-state index contributed by atoms with van der Waals surface area (Å²) in [7, 11) is 0. The van der Waals surface area contributed by atoms with E-state index in [1.54, 1.807) is 6.92 Å². The summed E-state index contributed by atoms with van der Waals surface area (Å²) in [6, 6.07) is 0. The maximum Gasteiger partial charge on any atom is 0.362 e. The number of hydrogen-bond donors (Lipinski definition) is 0. The van der Waals surface area contributed by atoms with Gasteiger partial charge in [-0.1, -0.05) is 6.92 Å². The van der Waals surface area contributed by atoms with Crippen molar-refractivity contribution in [2.45, 2.75) is 26.6 Å². The summed E-state index contributed by atoms with van der Waals surface area (Å²) in [5, 5.41) is 0. The van der Waals surface area contributed by atoms with E-state index in [1.165, 1.54) is 0 Å². The second-order valence-electron chi connectivity index (χ2n) is 3.44. The second kappa shape index (κ2) is 4.39. The van der Waals surface area contributed by atoms with E-state index in [0.717, 1.165) is 4.90 Å². The van der Waals surface area contributed by atoms with Gasteiger partial charge in [-0.3, -0.25) is 4.79 Å². The zero-order chi connectivity index (χ0) is 10.7. The summed E-state index contributed by atoms with van der Waals surface area (Å²) >= 11 is 0. The Hall–Kier alpha value is -1.13. The van der Waals surface area contributed by atoms with E-state index in [0.29, 0.717) is 13.0 Å². The molecule has 0 spiro atoms. The zero-order valence-corrected chi connectivity index (χ0v) is 8.33. The van der Waals surface area contributed by atoms with Crippen molar-refractivity contribution in [3.05, 3.63) is 0 Å². The van der Waals surface area contributed by atoms with Crippen LogP contribution in [0.5, 0.6) is 0 Å². The smallest absolute Gasteiger partial charge is 0.362 e. The lowest BCUT2D eigenvalue weighted by molar-refractivity contribution is -0.160. The van der Waals surface area contributed by atoms with Crippen LogP contribution >= 0.6 is 0 Å². The first-order chi connectivity index (χ1) is 6.56. The highest BCUT2D eigenvalue weighted by Crippen LogP contribution is 2.20. The summed E-state index contributed by atoms with van der Waals surface area (Å²) in [6.07, 6.45) is -1.63. The van der Waals surface area contributed by atoms with Crippen molar-refractivity contribution >= 4 is 11.9 Å². The molecule has 14 heavy (non-hydrogen) atoms. The van der Waals surface area contributed by atoms with E-state index >= 15 is 0 Å². The number of rotatable bonds is 3. The fraction of sp³-hybridized carbons (Fsp3) is 0.778. The van der Waals surface area contributed by atoms with Crippen LogP contribution in [-0.4, -0.2) is 36.2 Å². The van der Waals surface area contributed by atoms with Crippen LogP contribution in [0.2, 0.25) is 0 Å². The monoisotopic (exact) mass is 203 g/mol. The number of likely N-dealkylation sites (tertiary alicyclic amines) is 1. The number of halogens is 1. The number of carbonyl (C=O) groups excluding carboxylic acids is 2. The first-order valence-corrected chi connectivity index (χ1v) is 4.66. The van der Waals surface area contributed by atoms with E-state index in [1.807, 2.05) is 6.92 Å². The van der Waals surface area contributed by atoms with Crippen LogP contribution in [0.15, 0.2) is 0 Å². The normalized spacial score (nSPS) is 23.8. The molecule has 0 aromatic heterocycles. The highest BCUT2D eigenvalue weighted by molar-refractivity contribution is 5.85. The lowest BCUT2D eigenvalue weighted by Crippen LogP contribution is -2.40. The topological polar surface area (TPSA) is 46.6 Å². The average Bonchev–Trinajstić information content (AvgIpc) is 2.44. The van der Waals surface area contributed by atoms with Crippen LogP contribution in [0.25, 0.3) is 0 Å². The first-order valence-electron chi connectivity index (χ1n) is 4.66. The number of amides is 1. The number of hydrogen-bond acceptors (Lipinski definition) is 3. The van der Waals surface area contributed by atoms with E-state index in [4.69, 9.17) is 0 Å². The number of alkyl halides is 1. The molecule has 2 atom stereocenters. The van der Waals surface area contributed by atoms with Gasteiger partial charge in [0.25, 0.3) is 6.30 Å². The van der Waals surface area contributed by atoms with Crippen molar-refractivity contribution < 1.29 is 18.7 Å². The van der Waals surface area contributed by atoms with E-state index in [9.17, 15) is 14.0 Å². The quantitative estimate of drug-likeness (QED) is 0.501. The predicted octanol–water partition coefficient (Wildman–Crippen LogP) is 0.714. The lowest BCUT2D eigenvalue weighted by atomic mass is 10.2. The molecule has 80 valence electrons. The van der Waals surface area contributed by atoms with Crippen LogP contribution in [0.4, 0.5) is 4.39 Å². The number of ether oxygens (including phenoxy) is 1. The molecular weight excluding hydrogens is 189 g/mol. The Morgan fingerprint density at radius 1 is 1.79 bits per heavy atom. The molecule has 1 heterocycles. The van der Waals surface area contributed by atoms with E-state index < -0.39 is 12.3 Å². The molecule has 0 saturated carbocycles. The van der Waals surface area contributed by atoms with E-state index in [-0.39, 0.29) is 18.4 Å². The third-order valence-electron chi connectivity index (χ3n) is 2.11. The molecule has 1 fully saturated rings. The standard InChI is InChI=1S/C9H14FNO3/c1-3-14-9(13)8(10)11-5-6(2)4-7(11)12/h6,8H,3-5H2,1-2H3. The van der Waals surface area contributed by atoms with Gasteiger partial charge in [0.2, 0.25) is 5.91 Å². The summed E-state index contributed by atoms with van der Waals surface area (Å²) < 4.78 is 17.8. The number of nitrogens with zero attached hydrogens (tertiary/aromatic N) is 1. The zero-order valence-electron chi connectivity index (χ0n) is 8.33. The fourth-order valence-corrected chi connectivity index (χ4v) is 1.47. The molecule has 5 heteroatoms. The van der Waals surface area contributed by atoms with Crippen LogP contribution in [0.3, 0.4) is 0 Å². The first kappa shape index (κ1) is 10.9. The highest BCUT2D eigenvalue weighted by Gasteiger charge is 2.36. The van der Waals surface area contributed by atoms with Gasteiger partial charge in [0.1, 0.15) is 0 Å². The molecular formula is C9H14FNO3. The number of carbonyl (C=O) groups is 2. The highest BCUT2D eigenvalue weighted by atomic mass is 19.1. The third-order valence-corrected chi connectivity index (χ3v) is 2.11. The summed E-state index contributed by atoms with van der Waals surface area (Å²) in [5.74, 6) is -1.19. The molecule has 0 aromatic rings. The fourth-order valence-electron chi connectivity index (χ4n) is 1.47. The van der Waals surface area contributed by atoms with Crippen molar-refractivity contribution in [3.63, 3.8) is 0 Å². The van der Waals surface area contributed by atoms with Gasteiger partial charge in [0, 0.05) is 13.0 Å². The second-order valence-corrected chi connectivity index (χ2v) is 3.44. The summed E-state index contributed by atoms with van der Waals surface area (Å²) in [6.45, 7) is 3.85. The van der Waals surface area contributed by atoms with Gasteiger partial charge in [-0.2, -0.15) is 0 Å². The molecule has 0 bridgehead atoms. The Balaban J connectivity index is 2.56. The predicted molar refractivity (Wildman–Crippen MR) is 47.0 cm³/mol. The molecule has 1 aliphatic heterocycles. The van der Waals surface area contributed by atoms with Crippen molar-refractivity contribution in [2.24, 2.45) is 5.92 Å². The van der Waals surface area contributed by atoms with Gasteiger partial charge in [0.05, 0.1) is 6.61 Å². The van der Waals surface area contributed by atoms with Crippen molar-refractivity contribution in [1.29, 1.82) is 0 Å². The SMILES string of the molecule is CCOC(=O)C(F)N1CC(C)CC1=O. The Labute approximate surface area is 82.0 Å². The van der Waals surface area contributed by atoms with E-state index in [2.05, 4.69) is 4.74 Å². The summed E-state index contributed by atoms with van der Waals surface area (Å²) in [5.41, 5.74) is 0. The average molecular weight is 203 g/mol. The Kier molecular flexibility index (Phi) is 3.43. The molecule has 1 aliphatic rings. The van der Waals surface area contributed by atoms with Crippen molar-refractivity contribution in [2.75, 3.05) is 13.2 Å². The van der Waals surface area contributed by atoms with Gasteiger partial charge in [0.15, 0.2) is 0 Å². The van der Waals surface area contributed by atoms with Gasteiger partial charge < -0.3 is 9.64 Å². The summed E-state index contributed by atoms with van der Waals surface area (Å²) in [4.78, 5) is 23.1. The minimum atomic E-state index is -1.94. The minimum Gasteiger partial charge on any atom is -0.462 e. The molecule has 0 aromatic carbocycles. The molecule has 1 amide bonds. The molecule has 1 saturated heterocycles. The molecule has 0 radical (unpaired) electrons.